The maximum Gasteiger partial charge on any atom is 0.251 e. The molecule has 0 saturated carbocycles. The number of fused-ring (bicyclic) bond motifs is 1. The van der Waals surface area contributed by atoms with E-state index in [-0.39, 0.29) is 18.1 Å². The SMILES string of the molecule is CC(NC(=O)c1cc(Cl)c2c(c1)OCCO2)C1CCCO1. The highest BCUT2D eigenvalue weighted by molar-refractivity contribution is 6.32. The van der Waals surface area contributed by atoms with Gasteiger partial charge in [-0.3, -0.25) is 4.79 Å². The molecule has 0 aliphatic carbocycles. The first kappa shape index (κ1) is 14.5. The van der Waals surface area contributed by atoms with Gasteiger partial charge in [0.2, 0.25) is 0 Å². The molecule has 1 aromatic rings. The summed E-state index contributed by atoms with van der Waals surface area (Å²) in [4.78, 5) is 12.3. The van der Waals surface area contributed by atoms with Crippen molar-refractivity contribution in [2.45, 2.75) is 31.9 Å². The smallest absolute Gasteiger partial charge is 0.251 e. The lowest BCUT2D eigenvalue weighted by molar-refractivity contribution is 0.0712. The molecule has 1 saturated heterocycles. The number of carbonyl (C=O) groups is 1. The average Bonchev–Trinajstić information content (AvgIpc) is 3.01. The monoisotopic (exact) mass is 311 g/mol. The van der Waals surface area contributed by atoms with E-state index in [1.165, 1.54) is 0 Å². The molecule has 0 radical (unpaired) electrons. The van der Waals surface area contributed by atoms with E-state index >= 15 is 0 Å². The van der Waals surface area contributed by atoms with Crippen LogP contribution in [0.2, 0.25) is 5.02 Å². The van der Waals surface area contributed by atoms with Crippen LogP contribution in [0.1, 0.15) is 30.1 Å². The van der Waals surface area contributed by atoms with E-state index in [0.29, 0.717) is 35.3 Å². The van der Waals surface area contributed by atoms with Gasteiger partial charge in [0, 0.05) is 12.2 Å². The van der Waals surface area contributed by atoms with Crippen LogP contribution in [-0.4, -0.2) is 37.9 Å². The molecule has 2 unspecified atom stereocenters. The Morgan fingerprint density at radius 3 is 2.90 bits per heavy atom. The van der Waals surface area contributed by atoms with Gasteiger partial charge < -0.3 is 19.5 Å². The zero-order valence-corrected chi connectivity index (χ0v) is 12.6. The lowest BCUT2D eigenvalue weighted by Gasteiger charge is -2.22. The van der Waals surface area contributed by atoms with Crippen molar-refractivity contribution in [1.82, 2.24) is 5.32 Å². The van der Waals surface area contributed by atoms with Crippen LogP contribution >= 0.6 is 11.6 Å². The van der Waals surface area contributed by atoms with Gasteiger partial charge in [-0.1, -0.05) is 11.6 Å². The van der Waals surface area contributed by atoms with Gasteiger partial charge in [0.25, 0.3) is 5.91 Å². The second kappa shape index (κ2) is 6.12. The van der Waals surface area contributed by atoms with E-state index in [4.69, 9.17) is 25.8 Å². The zero-order valence-electron chi connectivity index (χ0n) is 11.9. The highest BCUT2D eigenvalue weighted by Gasteiger charge is 2.25. The molecule has 2 atom stereocenters. The van der Waals surface area contributed by atoms with Crippen molar-refractivity contribution in [3.05, 3.63) is 22.7 Å². The van der Waals surface area contributed by atoms with Crippen LogP contribution < -0.4 is 14.8 Å². The predicted octanol–water partition coefficient (Wildman–Crippen LogP) is 2.41. The lowest BCUT2D eigenvalue weighted by Crippen LogP contribution is -2.40. The van der Waals surface area contributed by atoms with Crippen LogP contribution in [0.5, 0.6) is 11.5 Å². The molecule has 2 aliphatic rings. The third kappa shape index (κ3) is 3.09. The Labute approximate surface area is 128 Å². The van der Waals surface area contributed by atoms with Crippen LogP contribution in [0.25, 0.3) is 0 Å². The Hall–Kier alpha value is -1.46. The summed E-state index contributed by atoms with van der Waals surface area (Å²) in [5.74, 6) is 0.840. The number of hydrogen-bond acceptors (Lipinski definition) is 4. The maximum absolute atomic E-state index is 12.3. The molecule has 21 heavy (non-hydrogen) atoms. The summed E-state index contributed by atoms with van der Waals surface area (Å²) in [5, 5.41) is 3.34. The third-order valence-electron chi connectivity index (χ3n) is 3.74. The van der Waals surface area contributed by atoms with Crippen molar-refractivity contribution < 1.29 is 19.0 Å². The summed E-state index contributed by atoms with van der Waals surface area (Å²) in [6.45, 7) is 3.64. The van der Waals surface area contributed by atoms with Gasteiger partial charge in [0.15, 0.2) is 11.5 Å². The molecule has 1 N–H and O–H groups in total. The van der Waals surface area contributed by atoms with Gasteiger partial charge in [-0.15, -0.1) is 0 Å². The molecule has 1 fully saturated rings. The second-order valence-electron chi connectivity index (χ2n) is 5.30. The molecule has 2 aliphatic heterocycles. The molecule has 3 rings (SSSR count). The molecular formula is C15H18ClNO4. The van der Waals surface area contributed by atoms with Crippen molar-refractivity contribution in [3.63, 3.8) is 0 Å². The second-order valence-corrected chi connectivity index (χ2v) is 5.70. The van der Waals surface area contributed by atoms with Gasteiger partial charge in [0.05, 0.1) is 17.2 Å². The van der Waals surface area contributed by atoms with Crippen LogP contribution in [0.4, 0.5) is 0 Å². The van der Waals surface area contributed by atoms with Crippen molar-refractivity contribution >= 4 is 17.5 Å². The number of amides is 1. The topological polar surface area (TPSA) is 56.8 Å². The number of rotatable bonds is 3. The fraction of sp³-hybridized carbons (Fsp3) is 0.533. The Morgan fingerprint density at radius 1 is 1.33 bits per heavy atom. The quantitative estimate of drug-likeness (QED) is 0.931. The first-order valence-electron chi connectivity index (χ1n) is 7.17. The number of benzene rings is 1. The number of nitrogens with one attached hydrogen (secondary N) is 1. The summed E-state index contributed by atoms with van der Waals surface area (Å²) in [6.07, 6.45) is 2.10. The van der Waals surface area contributed by atoms with Gasteiger partial charge in [0.1, 0.15) is 13.2 Å². The van der Waals surface area contributed by atoms with Gasteiger partial charge in [-0.2, -0.15) is 0 Å². The summed E-state index contributed by atoms with van der Waals surface area (Å²) < 4.78 is 16.5. The maximum atomic E-state index is 12.3. The Bertz CT molecular complexity index is 543. The molecular weight excluding hydrogens is 294 g/mol. The lowest BCUT2D eigenvalue weighted by atomic mass is 10.1. The highest BCUT2D eigenvalue weighted by Crippen LogP contribution is 2.38. The normalized spacial score (nSPS) is 21.9. The number of halogens is 1. The van der Waals surface area contributed by atoms with Crippen molar-refractivity contribution in [2.24, 2.45) is 0 Å². The van der Waals surface area contributed by atoms with E-state index in [2.05, 4.69) is 5.32 Å². The van der Waals surface area contributed by atoms with Crippen molar-refractivity contribution in [1.29, 1.82) is 0 Å². The molecule has 114 valence electrons. The third-order valence-corrected chi connectivity index (χ3v) is 4.02. The fourth-order valence-corrected chi connectivity index (χ4v) is 2.89. The zero-order chi connectivity index (χ0) is 14.8. The predicted molar refractivity (Wildman–Crippen MR) is 78.3 cm³/mol. The van der Waals surface area contributed by atoms with Crippen LogP contribution in [0.3, 0.4) is 0 Å². The van der Waals surface area contributed by atoms with Crippen LogP contribution in [0, 0.1) is 0 Å². The van der Waals surface area contributed by atoms with E-state index in [1.807, 2.05) is 6.92 Å². The van der Waals surface area contributed by atoms with Gasteiger partial charge >= 0.3 is 0 Å². The molecule has 5 nitrogen and oxygen atoms in total. The number of ether oxygens (including phenoxy) is 3. The Morgan fingerprint density at radius 2 is 2.14 bits per heavy atom. The summed E-state index contributed by atoms with van der Waals surface area (Å²) in [7, 11) is 0. The Kier molecular flexibility index (Phi) is 4.22. The molecule has 1 amide bonds. The minimum absolute atomic E-state index is 0.0352. The number of hydrogen-bond donors (Lipinski definition) is 1. The molecule has 0 aromatic heterocycles. The van der Waals surface area contributed by atoms with Crippen LogP contribution in [-0.2, 0) is 4.74 Å². The minimum atomic E-state index is -0.183. The summed E-state index contributed by atoms with van der Waals surface area (Å²) >= 11 is 6.15. The van der Waals surface area contributed by atoms with Crippen molar-refractivity contribution in [2.75, 3.05) is 19.8 Å². The molecule has 0 spiro atoms. The van der Waals surface area contributed by atoms with E-state index in [9.17, 15) is 4.79 Å². The van der Waals surface area contributed by atoms with E-state index < -0.39 is 0 Å². The fourth-order valence-electron chi connectivity index (χ4n) is 2.62. The molecule has 6 heteroatoms. The summed E-state index contributed by atoms with van der Waals surface area (Å²) in [6, 6.07) is 3.23. The van der Waals surface area contributed by atoms with Gasteiger partial charge in [-0.25, -0.2) is 0 Å². The van der Waals surface area contributed by atoms with Crippen LogP contribution in [0.15, 0.2) is 12.1 Å². The first-order chi connectivity index (χ1) is 10.1. The van der Waals surface area contributed by atoms with Crippen molar-refractivity contribution in [3.8, 4) is 11.5 Å². The average molecular weight is 312 g/mol. The molecule has 1 aromatic carbocycles. The molecule has 2 heterocycles. The molecule has 0 bridgehead atoms. The first-order valence-corrected chi connectivity index (χ1v) is 7.54. The van der Waals surface area contributed by atoms with E-state index in [0.717, 1.165) is 19.4 Å². The largest absolute Gasteiger partial charge is 0.486 e. The Balaban J connectivity index is 1.73. The van der Waals surface area contributed by atoms with Gasteiger partial charge in [-0.05, 0) is 31.9 Å². The highest BCUT2D eigenvalue weighted by atomic mass is 35.5. The summed E-state index contributed by atoms with van der Waals surface area (Å²) in [5.41, 5.74) is 0.467. The standard InChI is InChI=1S/C15H18ClNO4/c1-9(12-3-2-4-19-12)17-15(18)10-7-11(16)14-13(8-10)20-5-6-21-14/h7-9,12H,2-6H2,1H3,(H,17,18). The van der Waals surface area contributed by atoms with E-state index in [1.54, 1.807) is 12.1 Å². The number of carbonyl (C=O) groups excluding carboxylic acids is 1. The minimum Gasteiger partial charge on any atom is -0.486 e.